The van der Waals surface area contributed by atoms with E-state index in [9.17, 15) is 9.59 Å². The summed E-state index contributed by atoms with van der Waals surface area (Å²) in [7, 11) is 2.63. The lowest BCUT2D eigenvalue weighted by atomic mass is 9.74. The Morgan fingerprint density at radius 3 is 1.12 bits per heavy atom. The highest BCUT2D eigenvalue weighted by Crippen LogP contribution is 2.41. The molecule has 0 radical (unpaired) electrons. The maximum atomic E-state index is 12.3. The molecule has 0 spiro atoms. The number of ether oxygens (including phenoxy) is 2. The molecule has 5 rings (SSSR count). The standard InChI is InChI=1S/C30H28O4/c1-17-9-23-11-19-5-7-21-13-25-15-27(29(31)33-3)28(30(32)34-4)16-26(25)14-22(21)8-6-20(19)12-24(23)10-18(17)2/h5-16,23-26H,1-4H3/b7-5-,8-6-/t23-,24?,25-,26?/m1/s1. The zero-order valence-electron chi connectivity index (χ0n) is 19.9. The first-order valence-electron chi connectivity index (χ1n) is 11.6. The van der Waals surface area contributed by atoms with Gasteiger partial charge in [0.05, 0.1) is 25.4 Å². The van der Waals surface area contributed by atoms with Crippen LogP contribution in [0.5, 0.6) is 0 Å². The quantitative estimate of drug-likeness (QED) is 0.525. The number of rotatable bonds is 2. The predicted octanol–water partition coefficient (Wildman–Crippen LogP) is 5.43. The van der Waals surface area contributed by atoms with Gasteiger partial charge in [-0.2, -0.15) is 0 Å². The molecule has 0 N–H and O–H groups in total. The number of hydrogen-bond donors (Lipinski definition) is 0. The summed E-state index contributed by atoms with van der Waals surface area (Å²) >= 11 is 0. The molecule has 0 bridgehead atoms. The van der Waals surface area contributed by atoms with Crippen molar-refractivity contribution in [2.24, 2.45) is 23.7 Å². The van der Waals surface area contributed by atoms with Gasteiger partial charge in [0, 0.05) is 23.7 Å². The number of fused-ring (bicyclic) bond motifs is 4. The highest BCUT2D eigenvalue weighted by Gasteiger charge is 2.33. The van der Waals surface area contributed by atoms with Gasteiger partial charge in [-0.05, 0) is 36.1 Å². The van der Waals surface area contributed by atoms with Gasteiger partial charge in [0.15, 0.2) is 0 Å². The van der Waals surface area contributed by atoms with E-state index in [4.69, 9.17) is 9.47 Å². The molecule has 0 heterocycles. The molecular formula is C30H28O4. The van der Waals surface area contributed by atoms with Crippen LogP contribution in [0, 0.1) is 23.7 Å². The molecular weight excluding hydrogens is 424 g/mol. The van der Waals surface area contributed by atoms with Crippen LogP contribution in [0.25, 0.3) is 0 Å². The zero-order chi connectivity index (χ0) is 24.0. The molecule has 4 heteroatoms. The SMILES string of the molecule is COC(=O)C1=CC2C=C3/C=C\C4=CC5C=C(C)C(C)=C[C@@H]5C=C4/C=C\C3=C[C@@H]2C=C1C(=O)OC. The van der Waals surface area contributed by atoms with Gasteiger partial charge in [-0.3, -0.25) is 0 Å². The fourth-order valence-corrected chi connectivity index (χ4v) is 5.24. The highest BCUT2D eigenvalue weighted by molar-refractivity contribution is 6.07. The predicted molar refractivity (Wildman–Crippen MR) is 132 cm³/mol. The first-order valence-corrected chi connectivity index (χ1v) is 11.6. The summed E-state index contributed by atoms with van der Waals surface area (Å²) in [6, 6.07) is 0. The van der Waals surface area contributed by atoms with Crippen molar-refractivity contribution in [3.8, 4) is 0 Å². The summed E-state index contributed by atoms with van der Waals surface area (Å²) in [5.74, 6) is -0.400. The summed E-state index contributed by atoms with van der Waals surface area (Å²) in [4.78, 5) is 24.7. The Kier molecular flexibility index (Phi) is 5.60. The Bertz CT molecular complexity index is 1180. The van der Waals surface area contributed by atoms with E-state index >= 15 is 0 Å². The van der Waals surface area contributed by atoms with Crippen LogP contribution >= 0.6 is 0 Å². The molecule has 5 aliphatic carbocycles. The van der Waals surface area contributed by atoms with Crippen LogP contribution in [0.2, 0.25) is 0 Å². The molecule has 0 saturated carbocycles. The largest absolute Gasteiger partial charge is 0.465 e. The van der Waals surface area contributed by atoms with Crippen molar-refractivity contribution >= 4 is 11.9 Å². The van der Waals surface area contributed by atoms with Crippen molar-refractivity contribution in [3.63, 3.8) is 0 Å². The number of methoxy groups -OCH3 is 2. The topological polar surface area (TPSA) is 52.6 Å². The molecule has 0 aromatic carbocycles. The van der Waals surface area contributed by atoms with Crippen molar-refractivity contribution in [1.82, 2.24) is 0 Å². The fraction of sp³-hybridized carbons (Fsp3) is 0.267. The molecule has 0 fully saturated rings. The third-order valence-corrected chi connectivity index (χ3v) is 7.25. The van der Waals surface area contributed by atoms with Gasteiger partial charge in [-0.1, -0.05) is 84.1 Å². The second-order valence-corrected chi connectivity index (χ2v) is 9.31. The molecule has 0 aromatic rings. The van der Waals surface area contributed by atoms with Crippen LogP contribution < -0.4 is 0 Å². The van der Waals surface area contributed by atoms with E-state index in [1.165, 1.54) is 36.5 Å². The lowest BCUT2D eigenvalue weighted by Gasteiger charge is -2.30. The molecule has 5 aliphatic rings. The monoisotopic (exact) mass is 452 g/mol. The third kappa shape index (κ3) is 3.83. The molecule has 4 atom stereocenters. The van der Waals surface area contributed by atoms with Crippen molar-refractivity contribution < 1.29 is 19.1 Å². The van der Waals surface area contributed by atoms with E-state index in [2.05, 4.69) is 74.6 Å². The van der Waals surface area contributed by atoms with Crippen LogP contribution in [-0.4, -0.2) is 26.2 Å². The molecule has 0 aliphatic heterocycles. The second-order valence-electron chi connectivity index (χ2n) is 9.31. The number of hydrogen-bond acceptors (Lipinski definition) is 4. The normalized spacial score (nSPS) is 30.7. The van der Waals surface area contributed by atoms with E-state index in [1.807, 2.05) is 12.2 Å². The molecule has 172 valence electrons. The first kappa shape index (κ1) is 22.1. The average molecular weight is 453 g/mol. The van der Waals surface area contributed by atoms with E-state index < -0.39 is 11.9 Å². The lowest BCUT2D eigenvalue weighted by molar-refractivity contribution is -0.139. The minimum Gasteiger partial charge on any atom is -0.465 e. The Hall–Kier alpha value is -3.66. The Labute approximate surface area is 200 Å². The molecule has 0 amide bonds. The maximum Gasteiger partial charge on any atom is 0.338 e. The van der Waals surface area contributed by atoms with Crippen molar-refractivity contribution in [3.05, 3.63) is 117 Å². The average Bonchev–Trinajstić information content (AvgIpc) is 2.83. The molecule has 2 unspecified atom stereocenters. The number of carbonyl (C=O) groups excluding carboxylic acids is 2. The summed E-state index contributed by atoms with van der Waals surface area (Å²) < 4.78 is 9.83. The molecule has 0 saturated heterocycles. The number of carbonyl (C=O) groups is 2. The Morgan fingerprint density at radius 2 is 0.824 bits per heavy atom. The van der Waals surface area contributed by atoms with Gasteiger partial charge in [0.25, 0.3) is 0 Å². The van der Waals surface area contributed by atoms with Crippen LogP contribution in [-0.2, 0) is 19.1 Å². The van der Waals surface area contributed by atoms with Crippen LogP contribution in [0.3, 0.4) is 0 Å². The minimum absolute atomic E-state index is 0.0458. The van der Waals surface area contributed by atoms with Crippen LogP contribution in [0.4, 0.5) is 0 Å². The van der Waals surface area contributed by atoms with E-state index in [0.29, 0.717) is 11.8 Å². The second kappa shape index (κ2) is 8.60. The first-order chi connectivity index (χ1) is 16.4. The van der Waals surface area contributed by atoms with E-state index in [1.54, 1.807) is 0 Å². The van der Waals surface area contributed by atoms with Crippen molar-refractivity contribution in [1.29, 1.82) is 0 Å². The summed E-state index contributed by atoms with van der Waals surface area (Å²) in [6.45, 7) is 4.35. The third-order valence-electron chi connectivity index (χ3n) is 7.25. The smallest absolute Gasteiger partial charge is 0.338 e. The molecule has 34 heavy (non-hydrogen) atoms. The van der Waals surface area contributed by atoms with Gasteiger partial charge in [0.1, 0.15) is 0 Å². The fourth-order valence-electron chi connectivity index (χ4n) is 5.24. The summed E-state index contributed by atoms with van der Waals surface area (Å²) in [5.41, 5.74) is 7.83. The van der Waals surface area contributed by atoms with Crippen LogP contribution in [0.15, 0.2) is 117 Å². The van der Waals surface area contributed by atoms with Gasteiger partial charge >= 0.3 is 11.9 Å². The van der Waals surface area contributed by atoms with E-state index in [-0.39, 0.29) is 23.0 Å². The van der Waals surface area contributed by atoms with Gasteiger partial charge in [-0.25, -0.2) is 9.59 Å². The van der Waals surface area contributed by atoms with Gasteiger partial charge < -0.3 is 9.47 Å². The maximum absolute atomic E-state index is 12.3. The Balaban J connectivity index is 1.52. The highest BCUT2D eigenvalue weighted by atomic mass is 16.5. The zero-order valence-corrected chi connectivity index (χ0v) is 19.9. The number of esters is 2. The molecule has 4 nitrogen and oxygen atoms in total. The van der Waals surface area contributed by atoms with E-state index in [0.717, 1.165) is 11.1 Å². The van der Waals surface area contributed by atoms with Crippen molar-refractivity contribution in [2.45, 2.75) is 13.8 Å². The lowest BCUT2D eigenvalue weighted by Crippen LogP contribution is -2.24. The van der Waals surface area contributed by atoms with Gasteiger partial charge in [0.2, 0.25) is 0 Å². The summed E-state index contributed by atoms with van der Waals surface area (Å²) in [5, 5.41) is 0. The summed E-state index contributed by atoms with van der Waals surface area (Å²) in [6.07, 6.45) is 26.1. The van der Waals surface area contributed by atoms with Gasteiger partial charge in [-0.15, -0.1) is 0 Å². The van der Waals surface area contributed by atoms with Crippen molar-refractivity contribution in [2.75, 3.05) is 14.2 Å². The minimum atomic E-state index is -0.534. The van der Waals surface area contributed by atoms with Crippen LogP contribution in [0.1, 0.15) is 13.8 Å². The molecule has 0 aromatic heterocycles. The number of allylic oxidation sites excluding steroid dienone is 18. The Morgan fingerprint density at radius 1 is 0.529 bits per heavy atom.